The van der Waals surface area contributed by atoms with E-state index in [1.54, 1.807) is 13.0 Å². The summed E-state index contributed by atoms with van der Waals surface area (Å²) in [4.78, 5) is 10.7. The molecular weight excluding hydrogens is 164 g/mol. The maximum absolute atomic E-state index is 10.7. The Morgan fingerprint density at radius 1 is 1.46 bits per heavy atom. The molecule has 0 aromatic carbocycles. The lowest BCUT2D eigenvalue weighted by molar-refractivity contribution is -0.114. The van der Waals surface area contributed by atoms with Crippen LogP contribution in [0.4, 0.5) is 0 Å². The Bertz CT molecular complexity index is 187. The van der Waals surface area contributed by atoms with E-state index in [1.165, 1.54) is 12.8 Å². The van der Waals surface area contributed by atoms with Crippen molar-refractivity contribution in [2.45, 2.75) is 45.6 Å². The fourth-order valence-electron chi connectivity index (χ4n) is 1.12. The van der Waals surface area contributed by atoms with Crippen LogP contribution in [0.3, 0.4) is 0 Å². The second-order valence-corrected chi connectivity index (χ2v) is 3.37. The molecular formula is C10H20N2O. The molecule has 0 rings (SSSR count). The van der Waals surface area contributed by atoms with Crippen molar-refractivity contribution in [3.63, 3.8) is 0 Å². The fourth-order valence-corrected chi connectivity index (χ4v) is 1.12. The summed E-state index contributed by atoms with van der Waals surface area (Å²) in [6.07, 6.45) is 6.17. The van der Waals surface area contributed by atoms with E-state index in [-0.39, 0.29) is 11.9 Å². The van der Waals surface area contributed by atoms with Crippen molar-refractivity contribution in [1.29, 1.82) is 0 Å². The highest BCUT2D eigenvalue weighted by Crippen LogP contribution is 2.04. The van der Waals surface area contributed by atoms with Crippen molar-refractivity contribution in [2.24, 2.45) is 11.5 Å². The summed E-state index contributed by atoms with van der Waals surface area (Å²) >= 11 is 0. The smallest absolute Gasteiger partial charge is 0.244 e. The van der Waals surface area contributed by atoms with Gasteiger partial charge in [0.15, 0.2) is 0 Å². The molecule has 0 aliphatic carbocycles. The Kier molecular flexibility index (Phi) is 6.24. The van der Waals surface area contributed by atoms with E-state index in [9.17, 15) is 4.79 Å². The molecule has 1 amide bonds. The molecule has 0 fully saturated rings. The van der Waals surface area contributed by atoms with Gasteiger partial charge in [0.25, 0.3) is 0 Å². The maximum atomic E-state index is 10.7. The second kappa shape index (κ2) is 6.66. The van der Waals surface area contributed by atoms with E-state index >= 15 is 0 Å². The Balaban J connectivity index is 3.78. The molecule has 0 spiro atoms. The number of amides is 1. The van der Waals surface area contributed by atoms with E-state index in [2.05, 4.69) is 6.92 Å². The maximum Gasteiger partial charge on any atom is 0.244 e. The standard InChI is InChI=1S/C10H20N2O/c1-3-4-5-6-9(11)7-8(2)10(12)13/h7,9H,3-6,11H2,1-2H3,(H2,12,13). The molecule has 4 N–H and O–H groups in total. The van der Waals surface area contributed by atoms with Gasteiger partial charge in [-0.05, 0) is 13.3 Å². The number of hydrogen-bond acceptors (Lipinski definition) is 2. The summed E-state index contributed by atoms with van der Waals surface area (Å²) in [7, 11) is 0. The molecule has 0 aromatic heterocycles. The number of nitrogens with two attached hydrogens (primary N) is 2. The number of rotatable bonds is 6. The minimum atomic E-state index is -0.383. The molecule has 0 saturated heterocycles. The van der Waals surface area contributed by atoms with Crippen LogP contribution < -0.4 is 11.5 Å². The van der Waals surface area contributed by atoms with Crippen molar-refractivity contribution in [2.75, 3.05) is 0 Å². The van der Waals surface area contributed by atoms with Crippen LogP contribution in [0.1, 0.15) is 39.5 Å². The first-order valence-corrected chi connectivity index (χ1v) is 4.81. The van der Waals surface area contributed by atoms with Gasteiger partial charge in [-0.15, -0.1) is 0 Å². The molecule has 13 heavy (non-hydrogen) atoms. The van der Waals surface area contributed by atoms with Crippen LogP contribution in [-0.4, -0.2) is 11.9 Å². The summed E-state index contributed by atoms with van der Waals surface area (Å²) in [6, 6.07) is -0.0287. The normalized spacial score (nSPS) is 14.2. The van der Waals surface area contributed by atoms with E-state index in [4.69, 9.17) is 11.5 Å². The predicted octanol–water partition coefficient (Wildman–Crippen LogP) is 1.33. The number of carbonyl (C=O) groups excluding carboxylic acids is 1. The second-order valence-electron chi connectivity index (χ2n) is 3.37. The molecule has 0 radical (unpaired) electrons. The topological polar surface area (TPSA) is 69.1 Å². The van der Waals surface area contributed by atoms with Crippen LogP contribution in [0.5, 0.6) is 0 Å². The summed E-state index contributed by atoms with van der Waals surface area (Å²) in [6.45, 7) is 3.85. The van der Waals surface area contributed by atoms with Crippen LogP contribution >= 0.6 is 0 Å². The molecule has 0 bridgehead atoms. The van der Waals surface area contributed by atoms with Gasteiger partial charge in [-0.25, -0.2) is 0 Å². The Morgan fingerprint density at radius 3 is 2.54 bits per heavy atom. The zero-order valence-electron chi connectivity index (χ0n) is 8.55. The summed E-state index contributed by atoms with van der Waals surface area (Å²) < 4.78 is 0. The highest BCUT2D eigenvalue weighted by Gasteiger charge is 2.02. The molecule has 0 aliphatic rings. The van der Waals surface area contributed by atoms with Crippen molar-refractivity contribution in [1.82, 2.24) is 0 Å². The Morgan fingerprint density at radius 2 is 2.08 bits per heavy atom. The largest absolute Gasteiger partial charge is 0.366 e. The van der Waals surface area contributed by atoms with Gasteiger partial charge >= 0.3 is 0 Å². The third kappa shape index (κ3) is 6.34. The molecule has 76 valence electrons. The van der Waals surface area contributed by atoms with Gasteiger partial charge in [-0.1, -0.05) is 32.3 Å². The van der Waals surface area contributed by atoms with Gasteiger partial charge in [0.2, 0.25) is 5.91 Å². The zero-order valence-corrected chi connectivity index (χ0v) is 8.55. The van der Waals surface area contributed by atoms with Gasteiger partial charge in [0.1, 0.15) is 0 Å². The molecule has 0 heterocycles. The number of hydrogen-bond donors (Lipinski definition) is 2. The highest BCUT2D eigenvalue weighted by molar-refractivity contribution is 5.91. The number of unbranched alkanes of at least 4 members (excludes halogenated alkanes) is 2. The van der Waals surface area contributed by atoms with Crippen LogP contribution in [0.15, 0.2) is 11.6 Å². The van der Waals surface area contributed by atoms with Crippen LogP contribution in [-0.2, 0) is 4.79 Å². The SMILES string of the molecule is CCCCCC(N)C=C(C)C(N)=O. The van der Waals surface area contributed by atoms with Gasteiger partial charge in [-0.2, -0.15) is 0 Å². The van der Waals surface area contributed by atoms with Crippen molar-refractivity contribution < 1.29 is 4.79 Å². The number of carbonyl (C=O) groups is 1. The highest BCUT2D eigenvalue weighted by atomic mass is 16.1. The molecule has 1 atom stereocenters. The average Bonchev–Trinajstić information content (AvgIpc) is 2.04. The van der Waals surface area contributed by atoms with Gasteiger partial charge < -0.3 is 11.5 Å². The number of primary amides is 1. The minimum Gasteiger partial charge on any atom is -0.366 e. The summed E-state index contributed by atoms with van der Waals surface area (Å²) in [5, 5.41) is 0. The molecule has 3 nitrogen and oxygen atoms in total. The van der Waals surface area contributed by atoms with Gasteiger partial charge in [0, 0.05) is 11.6 Å². The van der Waals surface area contributed by atoms with Gasteiger partial charge in [-0.3, -0.25) is 4.79 Å². The minimum absolute atomic E-state index is 0.0287. The molecule has 1 unspecified atom stereocenters. The molecule has 0 aromatic rings. The summed E-state index contributed by atoms with van der Waals surface area (Å²) in [5.74, 6) is -0.383. The van der Waals surface area contributed by atoms with Gasteiger partial charge in [0.05, 0.1) is 0 Å². The average molecular weight is 184 g/mol. The van der Waals surface area contributed by atoms with E-state index in [1.807, 2.05) is 0 Å². The lowest BCUT2D eigenvalue weighted by atomic mass is 10.1. The van der Waals surface area contributed by atoms with Crippen LogP contribution in [0.2, 0.25) is 0 Å². The third-order valence-corrected chi connectivity index (χ3v) is 1.99. The lowest BCUT2D eigenvalue weighted by Crippen LogP contribution is -2.20. The predicted molar refractivity (Wildman–Crippen MR) is 55.1 cm³/mol. The van der Waals surface area contributed by atoms with Crippen molar-refractivity contribution in [3.05, 3.63) is 11.6 Å². The first-order chi connectivity index (χ1) is 6.07. The fraction of sp³-hybridized carbons (Fsp3) is 0.700. The van der Waals surface area contributed by atoms with E-state index in [0.29, 0.717) is 5.57 Å². The molecule has 3 heteroatoms. The molecule has 0 aliphatic heterocycles. The summed E-state index contributed by atoms with van der Waals surface area (Å²) in [5.41, 5.74) is 11.4. The third-order valence-electron chi connectivity index (χ3n) is 1.99. The molecule has 0 saturated carbocycles. The first-order valence-electron chi connectivity index (χ1n) is 4.81. The van der Waals surface area contributed by atoms with E-state index < -0.39 is 0 Å². The van der Waals surface area contributed by atoms with E-state index in [0.717, 1.165) is 12.8 Å². The monoisotopic (exact) mass is 184 g/mol. The first kappa shape index (κ1) is 12.2. The quantitative estimate of drug-likeness (QED) is 0.483. The Labute approximate surface area is 80.2 Å². The zero-order chi connectivity index (χ0) is 10.3. The lowest BCUT2D eigenvalue weighted by Gasteiger charge is -2.06. The van der Waals surface area contributed by atoms with Crippen LogP contribution in [0, 0.1) is 0 Å². The van der Waals surface area contributed by atoms with Crippen molar-refractivity contribution >= 4 is 5.91 Å². The van der Waals surface area contributed by atoms with Crippen molar-refractivity contribution in [3.8, 4) is 0 Å². The van der Waals surface area contributed by atoms with Crippen LogP contribution in [0.25, 0.3) is 0 Å². The Hall–Kier alpha value is -0.830.